The van der Waals surface area contributed by atoms with Crippen LogP contribution >= 0.6 is 0 Å². The number of benzene rings is 3. The predicted molar refractivity (Wildman–Crippen MR) is 136 cm³/mol. The molecule has 35 heavy (non-hydrogen) atoms. The van der Waals surface area contributed by atoms with E-state index in [1.165, 1.54) is 31.8 Å². The van der Waals surface area contributed by atoms with Gasteiger partial charge in [-0.1, -0.05) is 54.1 Å². The molecule has 4 nitrogen and oxygen atoms in total. The third-order valence-electron chi connectivity index (χ3n) is 8.78. The molecule has 0 N–H and O–H groups in total. The zero-order chi connectivity index (χ0) is 23.9. The molecule has 2 bridgehead atoms. The zero-order valence-electron chi connectivity index (χ0n) is 19.8. The topological polar surface area (TPSA) is 48.3 Å². The largest absolute Gasteiger partial charge is 0.497 e. The normalized spacial score (nSPS) is 25.8. The highest BCUT2D eigenvalue weighted by molar-refractivity contribution is 7.90. The lowest BCUT2D eigenvalue weighted by Gasteiger charge is -2.37. The van der Waals surface area contributed by atoms with Gasteiger partial charge >= 0.3 is 0 Å². The number of aryl methyl sites for hydroxylation is 1. The highest BCUT2D eigenvalue weighted by Crippen LogP contribution is 2.72. The Bertz CT molecular complexity index is 1570. The quantitative estimate of drug-likeness (QED) is 0.371. The van der Waals surface area contributed by atoms with Crippen LogP contribution in [0, 0.1) is 12.8 Å². The van der Waals surface area contributed by atoms with Gasteiger partial charge in [0.1, 0.15) is 5.75 Å². The molecule has 3 aromatic carbocycles. The van der Waals surface area contributed by atoms with Gasteiger partial charge < -0.3 is 4.74 Å². The maximum Gasteiger partial charge on any atom is 0.267 e. The van der Waals surface area contributed by atoms with E-state index in [9.17, 15) is 8.42 Å². The maximum atomic E-state index is 13.6. The van der Waals surface area contributed by atoms with E-state index in [-0.39, 0.29) is 5.41 Å². The second-order valence-corrected chi connectivity index (χ2v) is 12.2. The molecule has 3 aliphatic rings. The van der Waals surface area contributed by atoms with Gasteiger partial charge in [0.25, 0.3) is 10.0 Å². The standard InChI is InChI=1S/C30H27NO3S/c1-19-7-13-23(14-8-19)35(32,33)31-17-27-26-16-30(28(27)18-31,21-9-11-22(34-2)12-10-21)29-24-6-4-3-5-20(24)15-25(26)29/h3-14,17-18,25-26,29H,15-16H2,1-2H3/t25-,26-,29-,30+/m1/s1. The van der Waals surface area contributed by atoms with Crippen molar-refractivity contribution in [3.63, 3.8) is 0 Å². The van der Waals surface area contributed by atoms with Crippen molar-refractivity contribution in [1.29, 1.82) is 0 Å². The Labute approximate surface area is 206 Å². The number of fused-ring (bicyclic) bond motifs is 10. The lowest BCUT2D eigenvalue weighted by Crippen LogP contribution is -2.32. The van der Waals surface area contributed by atoms with Crippen molar-refractivity contribution in [2.75, 3.05) is 7.11 Å². The molecule has 1 fully saturated rings. The number of hydrogen-bond donors (Lipinski definition) is 0. The van der Waals surface area contributed by atoms with Gasteiger partial charge in [-0.2, -0.15) is 0 Å². The monoisotopic (exact) mass is 481 g/mol. The van der Waals surface area contributed by atoms with Crippen LogP contribution in [0.1, 0.15) is 51.6 Å². The second kappa shape index (κ2) is 7.11. The van der Waals surface area contributed by atoms with Crippen LogP contribution in [0.2, 0.25) is 0 Å². The van der Waals surface area contributed by atoms with E-state index < -0.39 is 10.0 Å². The molecule has 5 heteroatoms. The first-order chi connectivity index (χ1) is 16.9. The van der Waals surface area contributed by atoms with Crippen LogP contribution in [-0.2, 0) is 21.9 Å². The number of methoxy groups -OCH3 is 1. The average Bonchev–Trinajstić information content (AvgIpc) is 3.61. The van der Waals surface area contributed by atoms with Crippen LogP contribution in [0.5, 0.6) is 5.75 Å². The van der Waals surface area contributed by atoms with E-state index in [4.69, 9.17) is 4.74 Å². The van der Waals surface area contributed by atoms with Gasteiger partial charge in [0, 0.05) is 23.7 Å². The molecule has 0 spiro atoms. The predicted octanol–water partition coefficient (Wildman–Crippen LogP) is 5.79. The molecule has 4 aromatic rings. The van der Waals surface area contributed by atoms with Crippen LogP contribution < -0.4 is 4.74 Å². The lowest BCUT2D eigenvalue weighted by molar-refractivity contribution is 0.397. The van der Waals surface area contributed by atoms with Crippen molar-refractivity contribution in [3.05, 3.63) is 119 Å². The summed E-state index contributed by atoms with van der Waals surface area (Å²) in [4.78, 5) is 0.327. The first-order valence-electron chi connectivity index (χ1n) is 12.2. The highest BCUT2D eigenvalue weighted by Gasteiger charge is 2.64. The van der Waals surface area contributed by atoms with E-state index in [1.54, 1.807) is 19.2 Å². The SMILES string of the molecule is COc1ccc([C@@]23C[C@@H](c4cn(S(=O)(=O)c5ccc(C)cc5)cc42)[C@H]2Cc4ccccc4[C@H]23)cc1. The van der Waals surface area contributed by atoms with Crippen molar-refractivity contribution < 1.29 is 13.2 Å². The maximum absolute atomic E-state index is 13.6. The van der Waals surface area contributed by atoms with Crippen LogP contribution in [0.3, 0.4) is 0 Å². The van der Waals surface area contributed by atoms with Crippen LogP contribution in [-0.4, -0.2) is 19.5 Å². The summed E-state index contributed by atoms with van der Waals surface area (Å²) in [6.07, 6.45) is 5.89. The van der Waals surface area contributed by atoms with Crippen molar-refractivity contribution in [3.8, 4) is 5.75 Å². The molecule has 3 aliphatic carbocycles. The molecule has 1 saturated carbocycles. The number of aromatic nitrogens is 1. The van der Waals surface area contributed by atoms with E-state index >= 15 is 0 Å². The third kappa shape index (κ3) is 2.70. The van der Waals surface area contributed by atoms with Gasteiger partial charge in [0.2, 0.25) is 0 Å². The molecule has 1 heterocycles. The Morgan fingerprint density at radius 2 is 1.66 bits per heavy atom. The van der Waals surface area contributed by atoms with Gasteiger partial charge in [0.05, 0.1) is 12.0 Å². The van der Waals surface area contributed by atoms with Crippen molar-refractivity contribution in [2.45, 2.75) is 41.9 Å². The summed E-state index contributed by atoms with van der Waals surface area (Å²) >= 11 is 0. The fraction of sp³-hybridized carbons (Fsp3) is 0.267. The summed E-state index contributed by atoms with van der Waals surface area (Å²) in [5, 5.41) is 0. The van der Waals surface area contributed by atoms with Gasteiger partial charge in [-0.05, 0) is 83.7 Å². The van der Waals surface area contributed by atoms with Crippen molar-refractivity contribution >= 4 is 10.0 Å². The van der Waals surface area contributed by atoms with Crippen LogP contribution in [0.15, 0.2) is 90.1 Å². The smallest absolute Gasteiger partial charge is 0.267 e. The molecule has 0 saturated heterocycles. The Morgan fingerprint density at radius 3 is 2.40 bits per heavy atom. The highest BCUT2D eigenvalue weighted by atomic mass is 32.2. The molecule has 4 atom stereocenters. The van der Waals surface area contributed by atoms with Gasteiger partial charge in [-0.25, -0.2) is 12.4 Å². The summed E-state index contributed by atoms with van der Waals surface area (Å²) in [6, 6.07) is 24.4. The zero-order valence-corrected chi connectivity index (χ0v) is 20.6. The first kappa shape index (κ1) is 21.0. The van der Waals surface area contributed by atoms with Crippen LogP contribution in [0.4, 0.5) is 0 Å². The minimum Gasteiger partial charge on any atom is -0.497 e. The van der Waals surface area contributed by atoms with Gasteiger partial charge in [-0.15, -0.1) is 0 Å². The summed E-state index contributed by atoms with van der Waals surface area (Å²) < 4.78 is 34.1. The molecule has 0 amide bonds. The van der Waals surface area contributed by atoms with Crippen molar-refractivity contribution in [2.24, 2.45) is 5.92 Å². The summed E-state index contributed by atoms with van der Waals surface area (Å²) in [5.41, 5.74) is 7.29. The summed E-state index contributed by atoms with van der Waals surface area (Å²) in [5.74, 6) is 2.02. The molecule has 0 aliphatic heterocycles. The van der Waals surface area contributed by atoms with Gasteiger partial charge in [0.15, 0.2) is 0 Å². The average molecular weight is 482 g/mol. The third-order valence-corrected chi connectivity index (χ3v) is 10.4. The number of hydrogen-bond acceptors (Lipinski definition) is 3. The van der Waals surface area contributed by atoms with Gasteiger partial charge in [-0.3, -0.25) is 0 Å². The molecule has 7 rings (SSSR count). The Morgan fingerprint density at radius 1 is 0.914 bits per heavy atom. The minimum atomic E-state index is -3.66. The van der Waals surface area contributed by atoms with E-state index in [2.05, 4.69) is 36.4 Å². The van der Waals surface area contributed by atoms with E-state index in [0.29, 0.717) is 22.6 Å². The van der Waals surface area contributed by atoms with Crippen LogP contribution in [0.25, 0.3) is 0 Å². The fourth-order valence-electron chi connectivity index (χ4n) is 7.30. The van der Waals surface area contributed by atoms with E-state index in [0.717, 1.165) is 24.2 Å². The molecular formula is C30H27NO3S. The number of nitrogens with zero attached hydrogens (tertiary/aromatic N) is 1. The number of rotatable bonds is 4. The lowest BCUT2D eigenvalue weighted by atomic mass is 9.64. The summed E-state index contributed by atoms with van der Waals surface area (Å²) in [7, 11) is -1.97. The first-order valence-corrected chi connectivity index (χ1v) is 13.6. The minimum absolute atomic E-state index is 0.239. The van der Waals surface area contributed by atoms with E-state index in [1.807, 2.05) is 43.6 Å². The molecule has 0 radical (unpaired) electrons. The Hall–Kier alpha value is -3.31. The Balaban J connectivity index is 1.43. The summed E-state index contributed by atoms with van der Waals surface area (Å²) in [6.45, 7) is 1.97. The molecular weight excluding hydrogens is 454 g/mol. The molecule has 176 valence electrons. The molecule has 1 aromatic heterocycles. The second-order valence-electron chi connectivity index (χ2n) is 10.3. The fourth-order valence-corrected chi connectivity index (χ4v) is 8.52. The number of ether oxygens (including phenoxy) is 1. The molecule has 0 unspecified atom stereocenters. The van der Waals surface area contributed by atoms with Crippen molar-refractivity contribution in [1.82, 2.24) is 3.97 Å². The Kier molecular flexibility index (Phi) is 4.27.